The lowest BCUT2D eigenvalue weighted by atomic mass is 9.96. The van der Waals surface area contributed by atoms with Crippen LogP contribution in [0.1, 0.15) is 62.0 Å². The summed E-state index contributed by atoms with van der Waals surface area (Å²) < 4.78 is 62.9. The van der Waals surface area contributed by atoms with Gasteiger partial charge in [-0.3, -0.25) is 14.9 Å². The molecule has 1 fully saturated rings. The van der Waals surface area contributed by atoms with Gasteiger partial charge in [-0.15, -0.1) is 0 Å². The van der Waals surface area contributed by atoms with E-state index >= 15 is 0 Å². The number of carbonyl (C=O) groups is 2. The van der Waals surface area contributed by atoms with E-state index in [-0.39, 0.29) is 16.9 Å². The first kappa shape index (κ1) is 25.6. The molecular weight excluding hydrogens is 478 g/mol. The van der Waals surface area contributed by atoms with Gasteiger partial charge in [0.25, 0.3) is 0 Å². The number of nitrogens with one attached hydrogen (secondary N) is 2. The lowest BCUT2D eigenvalue weighted by Crippen LogP contribution is -2.53. The van der Waals surface area contributed by atoms with Crippen molar-refractivity contribution in [3.05, 3.63) is 47.5 Å². The first-order valence-electron chi connectivity index (χ1n) is 11.4. The van der Waals surface area contributed by atoms with Crippen LogP contribution in [0.2, 0.25) is 0 Å². The molecule has 0 saturated heterocycles. The smallest absolute Gasteiger partial charge is 0.407 e. The van der Waals surface area contributed by atoms with Crippen molar-refractivity contribution in [1.82, 2.24) is 10.6 Å². The Morgan fingerprint density at radius 3 is 2.33 bits per heavy atom. The second-order valence-corrected chi connectivity index (χ2v) is 9.92. The lowest BCUT2D eigenvalue weighted by molar-refractivity contribution is -0.161. The fraction of sp³-hybridized carbons (Fsp3) is 0.423. The highest BCUT2D eigenvalue weighted by Gasteiger charge is 2.48. The van der Waals surface area contributed by atoms with Crippen LogP contribution in [0.15, 0.2) is 40.8 Å². The molecule has 36 heavy (non-hydrogen) atoms. The molecule has 0 aliphatic heterocycles. The van der Waals surface area contributed by atoms with Gasteiger partial charge in [-0.2, -0.15) is 18.4 Å². The molecule has 190 valence electrons. The molecule has 10 heteroatoms. The molecule has 1 aliphatic rings. The molecule has 1 heterocycles. The maximum Gasteiger partial charge on any atom is 0.407 e. The van der Waals surface area contributed by atoms with Gasteiger partial charge in [-0.05, 0) is 63.4 Å². The highest BCUT2D eigenvalue weighted by molar-refractivity contribution is 6.08. The Hall–Kier alpha value is -3.45. The van der Waals surface area contributed by atoms with E-state index in [1.54, 1.807) is 18.2 Å². The number of halogens is 4. The van der Waals surface area contributed by atoms with Gasteiger partial charge in [0.2, 0.25) is 5.91 Å². The second-order valence-electron chi connectivity index (χ2n) is 9.92. The standard InChI is InChI=1S/C26H25F4N3O3/c1-14(34)15-5-7-20-18(10-15)17-6-4-16(11-21(17)36-20)22(26(28,29)30)32-19(12-24(2,3)27)23(35)33-25(13-31)8-9-25/h4-7,10-11,19,22,32H,8-9,12H2,1-3H3,(H,33,35). The van der Waals surface area contributed by atoms with Crippen LogP contribution in [0, 0.1) is 11.3 Å². The number of nitrogens with zero attached hydrogens (tertiary/aromatic N) is 1. The highest BCUT2D eigenvalue weighted by atomic mass is 19.4. The number of fused-ring (bicyclic) bond motifs is 3. The molecule has 0 bridgehead atoms. The maximum atomic E-state index is 14.5. The highest BCUT2D eigenvalue weighted by Crippen LogP contribution is 2.38. The van der Waals surface area contributed by atoms with Crippen molar-refractivity contribution in [2.24, 2.45) is 0 Å². The number of nitriles is 1. The van der Waals surface area contributed by atoms with Crippen LogP contribution in [-0.2, 0) is 4.79 Å². The largest absolute Gasteiger partial charge is 0.456 e. The minimum Gasteiger partial charge on any atom is -0.456 e. The number of carbonyl (C=O) groups excluding carboxylic acids is 2. The van der Waals surface area contributed by atoms with Crippen molar-refractivity contribution in [1.29, 1.82) is 5.26 Å². The Kier molecular flexibility index (Phi) is 6.33. The summed E-state index contributed by atoms with van der Waals surface area (Å²) >= 11 is 0. The van der Waals surface area contributed by atoms with Crippen molar-refractivity contribution in [3.63, 3.8) is 0 Å². The number of amides is 1. The summed E-state index contributed by atoms with van der Waals surface area (Å²) in [6, 6.07) is 6.81. The van der Waals surface area contributed by atoms with Crippen LogP contribution in [0.3, 0.4) is 0 Å². The van der Waals surface area contributed by atoms with Gasteiger partial charge < -0.3 is 9.73 Å². The van der Waals surface area contributed by atoms with Crippen molar-refractivity contribution in [2.45, 2.75) is 69.5 Å². The Labute approximate surface area is 204 Å². The van der Waals surface area contributed by atoms with Gasteiger partial charge in [-0.25, -0.2) is 4.39 Å². The topological polar surface area (TPSA) is 95.1 Å². The monoisotopic (exact) mass is 503 g/mol. The number of alkyl halides is 4. The van der Waals surface area contributed by atoms with Gasteiger partial charge in [-0.1, -0.05) is 12.1 Å². The molecular formula is C26H25F4N3O3. The van der Waals surface area contributed by atoms with Crippen molar-refractivity contribution in [3.8, 4) is 6.07 Å². The number of benzene rings is 2. The Balaban J connectivity index is 1.70. The van der Waals surface area contributed by atoms with Crippen LogP contribution in [0.25, 0.3) is 21.9 Å². The summed E-state index contributed by atoms with van der Waals surface area (Å²) in [5.41, 5.74) is -2.27. The Bertz CT molecular complexity index is 1380. The van der Waals surface area contributed by atoms with E-state index in [1.807, 2.05) is 6.07 Å². The molecule has 6 nitrogen and oxygen atoms in total. The third kappa shape index (κ3) is 5.36. The first-order valence-corrected chi connectivity index (χ1v) is 11.4. The zero-order valence-electron chi connectivity index (χ0n) is 19.9. The summed E-state index contributed by atoms with van der Waals surface area (Å²) in [5.74, 6) is -1.02. The Morgan fingerprint density at radius 2 is 1.78 bits per heavy atom. The van der Waals surface area contributed by atoms with E-state index < -0.39 is 41.8 Å². The van der Waals surface area contributed by atoms with Crippen molar-refractivity contribution in [2.75, 3.05) is 0 Å². The normalized spacial score (nSPS) is 16.9. The van der Waals surface area contributed by atoms with E-state index in [2.05, 4.69) is 10.6 Å². The molecule has 0 spiro atoms. The van der Waals surface area contributed by atoms with E-state index in [4.69, 9.17) is 4.42 Å². The SMILES string of the molecule is CC(=O)c1ccc2oc3cc(C(NC(CC(C)(C)F)C(=O)NC4(C#N)CC4)C(F)(F)F)ccc3c2c1. The molecule has 2 unspecified atom stereocenters. The number of ketones is 1. The molecule has 2 atom stereocenters. The summed E-state index contributed by atoms with van der Waals surface area (Å²) in [6.45, 7) is 3.75. The van der Waals surface area contributed by atoms with Crippen LogP contribution < -0.4 is 10.6 Å². The molecule has 4 rings (SSSR count). The third-order valence-electron chi connectivity index (χ3n) is 6.26. The van der Waals surface area contributed by atoms with E-state index in [0.29, 0.717) is 34.8 Å². The number of rotatable bonds is 8. The summed E-state index contributed by atoms with van der Waals surface area (Å²) in [4.78, 5) is 24.6. The first-order chi connectivity index (χ1) is 16.7. The number of hydrogen-bond acceptors (Lipinski definition) is 5. The molecule has 2 aromatic carbocycles. The lowest BCUT2D eigenvalue weighted by Gasteiger charge is -2.30. The average Bonchev–Trinajstić information content (AvgIpc) is 3.45. The summed E-state index contributed by atoms with van der Waals surface area (Å²) in [6.07, 6.45) is -4.59. The Morgan fingerprint density at radius 1 is 1.08 bits per heavy atom. The number of Topliss-reactive ketones (excluding diaryl/α,β-unsaturated/α-hetero) is 1. The predicted octanol–water partition coefficient (Wildman–Crippen LogP) is 5.66. The van der Waals surface area contributed by atoms with Gasteiger partial charge in [0.15, 0.2) is 5.78 Å². The summed E-state index contributed by atoms with van der Waals surface area (Å²) in [7, 11) is 0. The third-order valence-corrected chi connectivity index (χ3v) is 6.26. The number of furan rings is 1. The van der Waals surface area contributed by atoms with Crippen molar-refractivity contribution < 1.29 is 31.6 Å². The molecule has 3 aromatic rings. The zero-order valence-corrected chi connectivity index (χ0v) is 19.9. The number of hydrogen-bond donors (Lipinski definition) is 2. The van der Waals surface area contributed by atoms with Gasteiger partial charge >= 0.3 is 6.18 Å². The molecule has 1 amide bonds. The average molecular weight is 503 g/mol. The predicted molar refractivity (Wildman–Crippen MR) is 125 cm³/mol. The molecule has 1 aliphatic carbocycles. The van der Waals surface area contributed by atoms with E-state index in [9.17, 15) is 32.4 Å². The van der Waals surface area contributed by atoms with Crippen LogP contribution in [-0.4, -0.2) is 35.1 Å². The fourth-order valence-electron chi connectivity index (χ4n) is 4.20. The molecule has 2 N–H and O–H groups in total. The van der Waals surface area contributed by atoms with Gasteiger partial charge in [0.1, 0.15) is 28.4 Å². The molecule has 1 saturated carbocycles. The van der Waals surface area contributed by atoms with Crippen LogP contribution in [0.5, 0.6) is 0 Å². The minimum absolute atomic E-state index is 0.159. The van der Waals surface area contributed by atoms with Gasteiger partial charge in [0, 0.05) is 22.8 Å². The second kappa shape index (κ2) is 8.89. The quantitative estimate of drug-likeness (QED) is 0.306. The maximum absolute atomic E-state index is 14.5. The van der Waals surface area contributed by atoms with E-state index in [1.165, 1.54) is 39.0 Å². The van der Waals surface area contributed by atoms with Gasteiger partial charge in [0.05, 0.1) is 12.1 Å². The van der Waals surface area contributed by atoms with E-state index in [0.717, 1.165) is 0 Å². The zero-order chi connectivity index (χ0) is 26.5. The molecule has 1 aromatic heterocycles. The molecule has 0 radical (unpaired) electrons. The van der Waals surface area contributed by atoms with Crippen LogP contribution >= 0.6 is 0 Å². The van der Waals surface area contributed by atoms with Crippen LogP contribution in [0.4, 0.5) is 17.6 Å². The minimum atomic E-state index is -4.83. The fourth-order valence-corrected chi connectivity index (χ4v) is 4.20. The summed E-state index contributed by atoms with van der Waals surface area (Å²) in [5, 5.41) is 15.1. The van der Waals surface area contributed by atoms with Crippen molar-refractivity contribution >= 4 is 33.6 Å².